The highest BCUT2D eigenvalue weighted by atomic mass is 16.2. The molecule has 1 saturated carbocycles. The summed E-state index contributed by atoms with van der Waals surface area (Å²) in [7, 11) is 0. The molecule has 21 heavy (non-hydrogen) atoms. The molecule has 1 aromatic rings. The number of carbonyl (C=O) groups excluding carboxylic acids is 2. The van der Waals surface area contributed by atoms with E-state index in [1.165, 1.54) is 0 Å². The standard InChI is InChI=1S/C16H23N3O2/c1-4-17-16(2,3)15(21)19-13-8-6-5-7-12(13)14(20)18-11-9-10-11/h5-8,11,17H,4,9-10H2,1-3H3,(H,18,20)(H,19,21). The van der Waals surface area contributed by atoms with Gasteiger partial charge in [-0.1, -0.05) is 19.1 Å². The number of nitrogens with one attached hydrogen (secondary N) is 3. The van der Waals surface area contributed by atoms with Gasteiger partial charge in [-0.2, -0.15) is 0 Å². The topological polar surface area (TPSA) is 70.2 Å². The molecule has 2 rings (SSSR count). The van der Waals surface area contributed by atoms with Crippen molar-refractivity contribution in [3.8, 4) is 0 Å². The van der Waals surface area contributed by atoms with Gasteiger partial charge in [0.2, 0.25) is 5.91 Å². The van der Waals surface area contributed by atoms with Gasteiger partial charge in [0.25, 0.3) is 5.91 Å². The van der Waals surface area contributed by atoms with E-state index in [-0.39, 0.29) is 11.8 Å². The van der Waals surface area contributed by atoms with Crippen molar-refractivity contribution < 1.29 is 9.59 Å². The fourth-order valence-corrected chi connectivity index (χ4v) is 2.08. The Kier molecular flexibility index (Phi) is 4.63. The third-order valence-corrected chi connectivity index (χ3v) is 3.52. The first-order valence-electron chi connectivity index (χ1n) is 7.40. The molecule has 114 valence electrons. The second-order valence-corrected chi connectivity index (χ2v) is 5.90. The van der Waals surface area contributed by atoms with Crippen molar-refractivity contribution in [1.82, 2.24) is 10.6 Å². The van der Waals surface area contributed by atoms with Crippen molar-refractivity contribution in [3.63, 3.8) is 0 Å². The average Bonchev–Trinajstić information content (AvgIpc) is 3.23. The minimum Gasteiger partial charge on any atom is -0.349 e. The lowest BCUT2D eigenvalue weighted by Crippen LogP contribution is -2.49. The van der Waals surface area contributed by atoms with Gasteiger partial charge in [-0.05, 0) is 45.4 Å². The molecule has 1 aliphatic carbocycles. The molecule has 0 heterocycles. The highest BCUT2D eigenvalue weighted by Gasteiger charge is 2.28. The predicted octanol–water partition coefficient (Wildman–Crippen LogP) is 1.91. The van der Waals surface area contributed by atoms with Crippen LogP contribution in [-0.4, -0.2) is 29.9 Å². The lowest BCUT2D eigenvalue weighted by molar-refractivity contribution is -0.121. The zero-order chi connectivity index (χ0) is 15.5. The van der Waals surface area contributed by atoms with Crippen LogP contribution in [0.2, 0.25) is 0 Å². The van der Waals surface area contributed by atoms with Crippen LogP contribution in [0.1, 0.15) is 44.0 Å². The van der Waals surface area contributed by atoms with Crippen molar-refractivity contribution in [1.29, 1.82) is 0 Å². The summed E-state index contributed by atoms with van der Waals surface area (Å²) >= 11 is 0. The number of carbonyl (C=O) groups is 2. The van der Waals surface area contributed by atoms with Crippen LogP contribution in [-0.2, 0) is 4.79 Å². The average molecular weight is 289 g/mol. The molecular weight excluding hydrogens is 266 g/mol. The van der Waals surface area contributed by atoms with Gasteiger partial charge in [0, 0.05) is 6.04 Å². The van der Waals surface area contributed by atoms with Gasteiger partial charge in [-0.15, -0.1) is 0 Å². The van der Waals surface area contributed by atoms with Crippen LogP contribution in [0.25, 0.3) is 0 Å². The van der Waals surface area contributed by atoms with Gasteiger partial charge in [0.15, 0.2) is 0 Å². The van der Waals surface area contributed by atoms with Gasteiger partial charge in [0.05, 0.1) is 16.8 Å². The highest BCUT2D eigenvalue weighted by Crippen LogP contribution is 2.22. The Morgan fingerprint density at radius 2 is 1.90 bits per heavy atom. The Morgan fingerprint density at radius 3 is 2.52 bits per heavy atom. The van der Waals surface area contributed by atoms with E-state index in [1.54, 1.807) is 18.2 Å². The van der Waals surface area contributed by atoms with Gasteiger partial charge in [-0.3, -0.25) is 9.59 Å². The summed E-state index contributed by atoms with van der Waals surface area (Å²) in [6, 6.07) is 7.38. The molecule has 0 atom stereocenters. The zero-order valence-electron chi connectivity index (χ0n) is 12.8. The van der Waals surface area contributed by atoms with E-state index >= 15 is 0 Å². The molecule has 1 aromatic carbocycles. The Bertz CT molecular complexity index is 536. The lowest BCUT2D eigenvalue weighted by Gasteiger charge is -2.25. The van der Waals surface area contributed by atoms with Crippen LogP contribution in [0.15, 0.2) is 24.3 Å². The molecule has 5 heteroatoms. The van der Waals surface area contributed by atoms with Crippen molar-refractivity contribution in [3.05, 3.63) is 29.8 Å². The Hall–Kier alpha value is -1.88. The van der Waals surface area contributed by atoms with Crippen LogP contribution in [0.3, 0.4) is 0 Å². The summed E-state index contributed by atoms with van der Waals surface area (Å²) < 4.78 is 0. The fourth-order valence-electron chi connectivity index (χ4n) is 2.08. The van der Waals surface area contributed by atoms with Crippen LogP contribution in [0.5, 0.6) is 0 Å². The monoisotopic (exact) mass is 289 g/mol. The van der Waals surface area contributed by atoms with Crippen LogP contribution in [0.4, 0.5) is 5.69 Å². The quantitative estimate of drug-likeness (QED) is 0.749. The van der Waals surface area contributed by atoms with Gasteiger partial charge >= 0.3 is 0 Å². The minimum atomic E-state index is -0.686. The summed E-state index contributed by atoms with van der Waals surface area (Å²) in [5.74, 6) is -0.286. The first kappa shape index (κ1) is 15.5. The zero-order valence-corrected chi connectivity index (χ0v) is 12.8. The summed E-state index contributed by atoms with van der Waals surface area (Å²) in [4.78, 5) is 24.5. The number of hydrogen-bond acceptors (Lipinski definition) is 3. The summed E-state index contributed by atoms with van der Waals surface area (Å²) in [5.41, 5.74) is 0.367. The van der Waals surface area contributed by atoms with E-state index in [4.69, 9.17) is 0 Å². The van der Waals surface area contributed by atoms with Crippen molar-refractivity contribution >= 4 is 17.5 Å². The largest absolute Gasteiger partial charge is 0.349 e. The maximum Gasteiger partial charge on any atom is 0.253 e. The maximum absolute atomic E-state index is 12.3. The first-order valence-corrected chi connectivity index (χ1v) is 7.40. The van der Waals surface area contributed by atoms with Crippen LogP contribution >= 0.6 is 0 Å². The number of hydrogen-bond donors (Lipinski definition) is 3. The lowest BCUT2D eigenvalue weighted by atomic mass is 10.0. The smallest absolute Gasteiger partial charge is 0.253 e. The van der Waals surface area contributed by atoms with E-state index in [1.807, 2.05) is 26.8 Å². The molecule has 0 radical (unpaired) electrons. The number of benzene rings is 1. The summed E-state index contributed by atoms with van der Waals surface area (Å²) in [6.45, 7) is 6.29. The van der Waals surface area contributed by atoms with Crippen molar-refractivity contribution in [2.45, 2.75) is 45.2 Å². The molecule has 5 nitrogen and oxygen atoms in total. The second kappa shape index (κ2) is 6.26. The molecule has 3 N–H and O–H groups in total. The third-order valence-electron chi connectivity index (χ3n) is 3.52. The number of likely N-dealkylation sites (N-methyl/N-ethyl adjacent to an activating group) is 1. The van der Waals surface area contributed by atoms with Crippen LogP contribution < -0.4 is 16.0 Å². The van der Waals surface area contributed by atoms with E-state index in [0.29, 0.717) is 23.8 Å². The number of amides is 2. The SMILES string of the molecule is CCNC(C)(C)C(=O)Nc1ccccc1C(=O)NC1CC1. The maximum atomic E-state index is 12.3. The summed E-state index contributed by atoms with van der Waals surface area (Å²) in [6.07, 6.45) is 2.07. The van der Waals surface area contributed by atoms with Crippen LogP contribution in [0, 0.1) is 0 Å². The normalized spacial score (nSPS) is 14.6. The molecule has 0 unspecified atom stereocenters. The summed E-state index contributed by atoms with van der Waals surface area (Å²) in [5, 5.41) is 8.91. The number of anilines is 1. The molecule has 1 fully saturated rings. The minimum absolute atomic E-state index is 0.130. The number of rotatable bonds is 6. The van der Waals surface area contributed by atoms with E-state index < -0.39 is 5.54 Å². The van der Waals surface area contributed by atoms with Gasteiger partial charge < -0.3 is 16.0 Å². The number of para-hydroxylation sites is 1. The highest BCUT2D eigenvalue weighted by molar-refractivity contribution is 6.05. The molecule has 0 saturated heterocycles. The van der Waals surface area contributed by atoms with E-state index in [9.17, 15) is 9.59 Å². The Labute approximate surface area is 125 Å². The van der Waals surface area contributed by atoms with Crippen molar-refractivity contribution in [2.75, 3.05) is 11.9 Å². The van der Waals surface area contributed by atoms with E-state index in [0.717, 1.165) is 12.8 Å². The second-order valence-electron chi connectivity index (χ2n) is 5.90. The molecule has 0 spiro atoms. The third kappa shape index (κ3) is 4.04. The molecule has 1 aliphatic rings. The molecular formula is C16H23N3O2. The predicted molar refractivity (Wildman–Crippen MR) is 83.3 cm³/mol. The Balaban J connectivity index is 2.12. The molecule has 0 aromatic heterocycles. The van der Waals surface area contributed by atoms with Crippen molar-refractivity contribution in [2.24, 2.45) is 0 Å². The fraction of sp³-hybridized carbons (Fsp3) is 0.500. The molecule has 2 amide bonds. The molecule has 0 aliphatic heterocycles. The van der Waals surface area contributed by atoms with E-state index in [2.05, 4.69) is 16.0 Å². The first-order chi connectivity index (χ1) is 9.94. The van der Waals surface area contributed by atoms with Gasteiger partial charge in [-0.25, -0.2) is 0 Å². The van der Waals surface area contributed by atoms with Gasteiger partial charge in [0.1, 0.15) is 0 Å². The molecule has 0 bridgehead atoms. The Morgan fingerprint density at radius 1 is 1.24 bits per heavy atom.